The summed E-state index contributed by atoms with van der Waals surface area (Å²) in [6.45, 7) is 6.69. The molecule has 0 atom stereocenters. The summed E-state index contributed by atoms with van der Waals surface area (Å²) in [5.74, 6) is 0. The summed E-state index contributed by atoms with van der Waals surface area (Å²) in [4.78, 5) is 0. The van der Waals surface area contributed by atoms with Crippen molar-refractivity contribution in [3.05, 3.63) is 83.9 Å². The van der Waals surface area contributed by atoms with Crippen molar-refractivity contribution in [3.63, 3.8) is 0 Å². The van der Waals surface area contributed by atoms with Gasteiger partial charge in [0.05, 0.1) is 11.6 Å². The molecule has 0 aromatic heterocycles. The van der Waals surface area contributed by atoms with Gasteiger partial charge in [-0.3, -0.25) is 0 Å². The van der Waals surface area contributed by atoms with Crippen molar-refractivity contribution in [3.8, 4) is 28.3 Å². The lowest BCUT2D eigenvalue weighted by molar-refractivity contribution is 0.590. The highest BCUT2D eigenvalue weighted by Crippen LogP contribution is 2.28. The van der Waals surface area contributed by atoms with Crippen LogP contribution in [0.3, 0.4) is 0 Å². The molecule has 3 aromatic rings. The molecule has 3 aromatic carbocycles. The number of nitriles is 1. The van der Waals surface area contributed by atoms with Crippen molar-refractivity contribution in [2.24, 2.45) is 0 Å². The number of hydrogen-bond donors (Lipinski definition) is 0. The lowest BCUT2D eigenvalue weighted by Crippen LogP contribution is -2.10. The molecule has 0 unspecified atom stereocenters. The third-order valence-corrected chi connectivity index (χ3v) is 4.32. The van der Waals surface area contributed by atoms with Crippen LogP contribution in [0.1, 0.15) is 31.9 Å². The molecule has 0 aliphatic heterocycles. The highest BCUT2D eigenvalue weighted by atomic mass is 14.2. The van der Waals surface area contributed by atoms with Crippen molar-refractivity contribution >= 4 is 0 Å². The van der Waals surface area contributed by atoms with Crippen LogP contribution < -0.4 is 0 Å². The maximum absolute atomic E-state index is 8.88. The van der Waals surface area contributed by atoms with Crippen LogP contribution in [0, 0.1) is 11.3 Å². The average molecular weight is 311 g/mol. The first-order chi connectivity index (χ1) is 11.5. The van der Waals surface area contributed by atoms with E-state index in [1.54, 1.807) is 0 Å². The van der Waals surface area contributed by atoms with Crippen molar-refractivity contribution in [2.75, 3.05) is 0 Å². The number of hydrogen-bond acceptors (Lipinski definition) is 1. The Labute approximate surface area is 144 Å². The van der Waals surface area contributed by atoms with Gasteiger partial charge < -0.3 is 0 Å². The molecule has 0 radical (unpaired) electrons. The first-order valence-corrected chi connectivity index (χ1v) is 8.19. The molecule has 0 aliphatic rings. The second-order valence-corrected chi connectivity index (χ2v) is 7.09. The summed E-state index contributed by atoms with van der Waals surface area (Å²) in [6.07, 6.45) is 0. The topological polar surface area (TPSA) is 23.8 Å². The lowest BCUT2D eigenvalue weighted by atomic mass is 9.86. The minimum atomic E-state index is 0.179. The van der Waals surface area contributed by atoms with E-state index in [-0.39, 0.29) is 5.41 Å². The van der Waals surface area contributed by atoms with E-state index >= 15 is 0 Å². The highest BCUT2D eigenvalue weighted by molar-refractivity contribution is 5.70. The molecule has 24 heavy (non-hydrogen) atoms. The van der Waals surface area contributed by atoms with Gasteiger partial charge >= 0.3 is 0 Å². The van der Waals surface area contributed by atoms with Gasteiger partial charge in [0.25, 0.3) is 0 Å². The Morgan fingerprint density at radius 3 is 1.25 bits per heavy atom. The van der Waals surface area contributed by atoms with Crippen LogP contribution in [0.25, 0.3) is 22.3 Å². The molecule has 3 rings (SSSR count). The monoisotopic (exact) mass is 311 g/mol. The SMILES string of the molecule is CC(C)(C)c1ccc(-c2ccc(-c3ccc(C#N)cc3)cc2)cc1. The Kier molecular flexibility index (Phi) is 4.23. The standard InChI is InChI=1S/C23H21N/c1-23(2,3)22-14-12-21(13-15-22)20-10-8-19(9-11-20)18-6-4-17(16-24)5-7-18/h4-15H,1-3H3. The maximum atomic E-state index is 8.88. The first-order valence-electron chi connectivity index (χ1n) is 8.19. The van der Waals surface area contributed by atoms with E-state index in [0.717, 1.165) is 11.1 Å². The summed E-state index contributed by atoms with van der Waals surface area (Å²) < 4.78 is 0. The third-order valence-electron chi connectivity index (χ3n) is 4.32. The fourth-order valence-corrected chi connectivity index (χ4v) is 2.76. The third kappa shape index (κ3) is 3.39. The van der Waals surface area contributed by atoms with Crippen LogP contribution >= 0.6 is 0 Å². The molecule has 1 heteroatoms. The maximum Gasteiger partial charge on any atom is 0.0991 e. The van der Waals surface area contributed by atoms with Gasteiger partial charge in [-0.25, -0.2) is 0 Å². The van der Waals surface area contributed by atoms with Crippen LogP contribution in [0.4, 0.5) is 0 Å². The predicted octanol–water partition coefficient (Wildman–Crippen LogP) is 6.19. The lowest BCUT2D eigenvalue weighted by Gasteiger charge is -2.19. The van der Waals surface area contributed by atoms with Crippen LogP contribution in [0.15, 0.2) is 72.8 Å². The first kappa shape index (κ1) is 16.0. The average Bonchev–Trinajstić information content (AvgIpc) is 2.61. The van der Waals surface area contributed by atoms with E-state index in [0.29, 0.717) is 5.56 Å². The van der Waals surface area contributed by atoms with E-state index in [2.05, 4.69) is 75.4 Å². The van der Waals surface area contributed by atoms with Crippen LogP contribution in [-0.2, 0) is 5.41 Å². The summed E-state index contributed by atoms with van der Waals surface area (Å²) in [5.41, 5.74) is 6.95. The molecule has 0 saturated carbocycles. The van der Waals surface area contributed by atoms with E-state index in [9.17, 15) is 0 Å². The molecule has 0 spiro atoms. The Hall–Kier alpha value is -2.85. The van der Waals surface area contributed by atoms with E-state index in [1.807, 2.05) is 24.3 Å². The van der Waals surface area contributed by atoms with Gasteiger partial charge in [-0.05, 0) is 45.4 Å². The minimum Gasteiger partial charge on any atom is -0.192 e. The van der Waals surface area contributed by atoms with Gasteiger partial charge in [0.1, 0.15) is 0 Å². The number of rotatable bonds is 2. The zero-order valence-electron chi connectivity index (χ0n) is 14.4. The number of benzene rings is 3. The van der Waals surface area contributed by atoms with E-state index in [4.69, 9.17) is 5.26 Å². The number of nitrogens with zero attached hydrogens (tertiary/aromatic N) is 1. The molecule has 0 fully saturated rings. The quantitative estimate of drug-likeness (QED) is 0.553. The second kappa shape index (κ2) is 6.34. The summed E-state index contributed by atoms with van der Waals surface area (Å²) >= 11 is 0. The van der Waals surface area contributed by atoms with Gasteiger partial charge in [-0.1, -0.05) is 81.4 Å². The largest absolute Gasteiger partial charge is 0.192 e. The normalized spacial score (nSPS) is 11.1. The summed E-state index contributed by atoms with van der Waals surface area (Å²) in [6, 6.07) is 27.2. The molecule has 0 saturated heterocycles. The highest BCUT2D eigenvalue weighted by Gasteiger charge is 2.13. The van der Waals surface area contributed by atoms with E-state index in [1.165, 1.54) is 16.7 Å². The Morgan fingerprint density at radius 1 is 0.583 bits per heavy atom. The molecule has 0 aliphatic carbocycles. The molecule has 0 N–H and O–H groups in total. The van der Waals surface area contributed by atoms with Crippen molar-refractivity contribution in [1.29, 1.82) is 5.26 Å². The molecule has 0 amide bonds. The summed E-state index contributed by atoms with van der Waals surface area (Å²) in [7, 11) is 0. The van der Waals surface area contributed by atoms with Gasteiger partial charge in [-0.2, -0.15) is 5.26 Å². The fourth-order valence-electron chi connectivity index (χ4n) is 2.76. The van der Waals surface area contributed by atoms with Crippen LogP contribution in [0.2, 0.25) is 0 Å². The summed E-state index contributed by atoms with van der Waals surface area (Å²) in [5, 5.41) is 8.88. The fraction of sp³-hybridized carbons (Fsp3) is 0.174. The molecule has 118 valence electrons. The van der Waals surface area contributed by atoms with Gasteiger partial charge in [0.2, 0.25) is 0 Å². The molecular formula is C23H21N. The van der Waals surface area contributed by atoms with E-state index < -0.39 is 0 Å². The van der Waals surface area contributed by atoms with Gasteiger partial charge in [0.15, 0.2) is 0 Å². The van der Waals surface area contributed by atoms with Gasteiger partial charge in [0, 0.05) is 0 Å². The smallest absolute Gasteiger partial charge is 0.0991 e. The minimum absolute atomic E-state index is 0.179. The van der Waals surface area contributed by atoms with Crippen LogP contribution in [0.5, 0.6) is 0 Å². The Bertz CT molecular complexity index is 856. The molecule has 0 heterocycles. The molecular weight excluding hydrogens is 290 g/mol. The Balaban J connectivity index is 1.85. The van der Waals surface area contributed by atoms with Crippen LogP contribution in [-0.4, -0.2) is 0 Å². The second-order valence-electron chi connectivity index (χ2n) is 7.09. The predicted molar refractivity (Wildman–Crippen MR) is 101 cm³/mol. The Morgan fingerprint density at radius 2 is 0.917 bits per heavy atom. The zero-order chi connectivity index (χ0) is 17.2. The zero-order valence-corrected chi connectivity index (χ0v) is 14.4. The van der Waals surface area contributed by atoms with Gasteiger partial charge in [-0.15, -0.1) is 0 Å². The molecule has 1 nitrogen and oxygen atoms in total. The van der Waals surface area contributed by atoms with Crippen molar-refractivity contribution in [1.82, 2.24) is 0 Å². The molecule has 0 bridgehead atoms. The van der Waals surface area contributed by atoms with Crippen molar-refractivity contribution < 1.29 is 0 Å². The van der Waals surface area contributed by atoms with Crippen molar-refractivity contribution in [2.45, 2.75) is 26.2 Å².